The van der Waals surface area contributed by atoms with E-state index in [1.54, 1.807) is 29.5 Å². The second-order valence-electron chi connectivity index (χ2n) is 8.18. The van der Waals surface area contributed by atoms with E-state index < -0.39 is 11.9 Å². The van der Waals surface area contributed by atoms with Crippen LogP contribution in [0, 0.1) is 0 Å². The number of methoxy groups -OCH3 is 1. The summed E-state index contributed by atoms with van der Waals surface area (Å²) in [5, 5.41) is 12.1. The molecule has 8 heteroatoms. The van der Waals surface area contributed by atoms with E-state index in [-0.39, 0.29) is 11.3 Å². The summed E-state index contributed by atoms with van der Waals surface area (Å²) < 4.78 is 11.0. The van der Waals surface area contributed by atoms with Gasteiger partial charge in [-0.2, -0.15) is 0 Å². The molecule has 1 aromatic carbocycles. The summed E-state index contributed by atoms with van der Waals surface area (Å²) in [6.07, 6.45) is 4.09. The maximum absolute atomic E-state index is 12.7. The van der Waals surface area contributed by atoms with Gasteiger partial charge in [-0.25, -0.2) is 14.6 Å². The van der Waals surface area contributed by atoms with Gasteiger partial charge in [0.1, 0.15) is 11.6 Å². The molecule has 0 unspecified atom stereocenters. The lowest BCUT2D eigenvalue weighted by atomic mass is 9.94. The average Bonchev–Trinajstić information content (AvgIpc) is 3.24. The minimum absolute atomic E-state index is 0.0938. The number of aromatic nitrogens is 1. The second-order valence-corrected chi connectivity index (χ2v) is 9.09. The quantitative estimate of drug-likeness (QED) is 0.550. The van der Waals surface area contributed by atoms with Gasteiger partial charge in [-0.1, -0.05) is 0 Å². The number of carboxylic acid groups (broad SMARTS) is 1. The number of anilines is 1. The Balaban J connectivity index is 1.68. The van der Waals surface area contributed by atoms with Crippen LogP contribution in [0.25, 0.3) is 21.6 Å². The van der Waals surface area contributed by atoms with E-state index in [2.05, 4.69) is 9.88 Å². The molecule has 1 saturated heterocycles. The molecule has 2 aromatic heterocycles. The zero-order valence-electron chi connectivity index (χ0n) is 18.3. The van der Waals surface area contributed by atoms with Crippen molar-refractivity contribution >= 4 is 29.1 Å². The molecule has 0 bridgehead atoms. The molecule has 2 aliphatic heterocycles. The number of ether oxygens (including phenoxy) is 2. The molecule has 33 heavy (non-hydrogen) atoms. The predicted molar refractivity (Wildman–Crippen MR) is 127 cm³/mol. The maximum atomic E-state index is 12.7. The van der Waals surface area contributed by atoms with E-state index in [0.717, 1.165) is 48.4 Å². The number of fused-ring (bicyclic) bond motifs is 3. The number of piperidine rings is 1. The first-order valence-electron chi connectivity index (χ1n) is 11.0. The molecule has 1 N–H and O–H groups in total. The van der Waals surface area contributed by atoms with Gasteiger partial charge >= 0.3 is 11.9 Å². The molecule has 0 amide bonds. The number of pyridine rings is 1. The first-order valence-corrected chi connectivity index (χ1v) is 11.9. The molecule has 2 aliphatic rings. The highest BCUT2D eigenvalue weighted by Crippen LogP contribution is 2.43. The van der Waals surface area contributed by atoms with Gasteiger partial charge in [0.25, 0.3) is 0 Å². The second kappa shape index (κ2) is 8.86. The molecule has 0 saturated carbocycles. The van der Waals surface area contributed by atoms with Crippen molar-refractivity contribution in [2.75, 3.05) is 31.7 Å². The standard InChI is InChI=1S/C25H24N2O5S/c1-31-25(30)22-16(5-6-21(26-22)27-9-3-2-4-10-27)17-14-20-19(13-18(17)24(28)29)23-15(7-11-32-20)8-12-33-23/h5-6,8,12-14H,2-4,7,9-11H2,1H3,(H,28,29). The molecule has 0 aliphatic carbocycles. The minimum atomic E-state index is -1.08. The van der Waals surface area contributed by atoms with Crippen LogP contribution in [0.3, 0.4) is 0 Å². The number of hydrogen-bond acceptors (Lipinski definition) is 7. The molecule has 5 rings (SSSR count). The van der Waals surface area contributed by atoms with Gasteiger partial charge < -0.3 is 19.5 Å². The fraction of sp³-hybridized carbons (Fsp3) is 0.320. The normalized spacial score (nSPS) is 15.1. The van der Waals surface area contributed by atoms with Gasteiger partial charge in [0.05, 0.1) is 19.3 Å². The number of carbonyl (C=O) groups is 2. The van der Waals surface area contributed by atoms with E-state index >= 15 is 0 Å². The van der Waals surface area contributed by atoms with E-state index in [1.165, 1.54) is 13.5 Å². The van der Waals surface area contributed by atoms with Crippen molar-refractivity contribution in [2.45, 2.75) is 25.7 Å². The van der Waals surface area contributed by atoms with E-state index in [4.69, 9.17) is 9.47 Å². The number of hydrogen-bond donors (Lipinski definition) is 1. The van der Waals surface area contributed by atoms with Crippen LogP contribution in [0.1, 0.15) is 45.7 Å². The molecule has 170 valence electrons. The Bertz CT molecular complexity index is 1230. The Labute approximate surface area is 195 Å². The largest absolute Gasteiger partial charge is 0.493 e. The van der Waals surface area contributed by atoms with E-state index in [9.17, 15) is 14.7 Å². The van der Waals surface area contributed by atoms with Gasteiger partial charge in [0.2, 0.25) is 0 Å². The van der Waals surface area contributed by atoms with Crippen LogP contribution in [-0.2, 0) is 11.2 Å². The lowest BCUT2D eigenvalue weighted by Crippen LogP contribution is -2.30. The molecular formula is C25H24N2O5S. The first-order chi connectivity index (χ1) is 16.1. The van der Waals surface area contributed by atoms with Crippen LogP contribution >= 0.6 is 11.3 Å². The van der Waals surface area contributed by atoms with Crippen LogP contribution < -0.4 is 9.64 Å². The summed E-state index contributed by atoms with van der Waals surface area (Å²) in [7, 11) is 1.30. The molecule has 3 aromatic rings. The predicted octanol–water partition coefficient (Wildman–Crippen LogP) is 4.89. The summed E-state index contributed by atoms with van der Waals surface area (Å²) >= 11 is 1.57. The molecule has 1 fully saturated rings. The Morgan fingerprint density at radius 3 is 2.67 bits per heavy atom. The summed E-state index contributed by atoms with van der Waals surface area (Å²) in [6, 6.07) is 9.03. The Morgan fingerprint density at radius 1 is 1.09 bits per heavy atom. The zero-order chi connectivity index (χ0) is 22.9. The zero-order valence-corrected chi connectivity index (χ0v) is 19.1. The minimum Gasteiger partial charge on any atom is -0.493 e. The van der Waals surface area contributed by atoms with Crippen molar-refractivity contribution in [3.63, 3.8) is 0 Å². The summed E-state index contributed by atoms with van der Waals surface area (Å²) in [4.78, 5) is 32.8. The number of carbonyl (C=O) groups excluding carboxylic acids is 1. The molecule has 0 radical (unpaired) electrons. The topological polar surface area (TPSA) is 89.0 Å². The van der Waals surface area contributed by atoms with Gasteiger partial charge in [-0.15, -0.1) is 11.3 Å². The fourth-order valence-electron chi connectivity index (χ4n) is 4.53. The lowest BCUT2D eigenvalue weighted by Gasteiger charge is -2.28. The molecule has 7 nitrogen and oxygen atoms in total. The summed E-state index contributed by atoms with van der Waals surface area (Å²) in [5.74, 6) is -0.375. The van der Waals surface area contributed by atoms with Crippen LogP contribution in [0.15, 0.2) is 35.7 Å². The van der Waals surface area contributed by atoms with E-state index in [1.807, 2.05) is 17.5 Å². The van der Waals surface area contributed by atoms with Crippen LogP contribution in [0.4, 0.5) is 5.82 Å². The van der Waals surface area contributed by atoms with Crippen molar-refractivity contribution in [1.82, 2.24) is 4.98 Å². The smallest absolute Gasteiger partial charge is 0.357 e. The number of nitrogens with zero attached hydrogens (tertiary/aromatic N) is 2. The van der Waals surface area contributed by atoms with Crippen LogP contribution in [0.5, 0.6) is 5.75 Å². The SMILES string of the molecule is COC(=O)c1nc(N2CCCCC2)ccc1-c1cc2c(cc1C(=O)O)-c1sccc1CCO2. The van der Waals surface area contributed by atoms with Gasteiger partial charge in [0, 0.05) is 41.1 Å². The Kier molecular flexibility index (Phi) is 5.76. The average molecular weight is 465 g/mol. The van der Waals surface area contributed by atoms with Crippen molar-refractivity contribution in [2.24, 2.45) is 0 Å². The monoisotopic (exact) mass is 464 g/mol. The number of benzene rings is 1. The van der Waals surface area contributed by atoms with E-state index in [0.29, 0.717) is 29.3 Å². The number of esters is 1. The van der Waals surface area contributed by atoms with Crippen LogP contribution in [0.2, 0.25) is 0 Å². The fourth-order valence-corrected chi connectivity index (χ4v) is 5.51. The third-order valence-electron chi connectivity index (χ3n) is 6.20. The molecular weight excluding hydrogens is 440 g/mol. The molecule has 4 heterocycles. The van der Waals surface area contributed by atoms with Gasteiger partial charge in [0.15, 0.2) is 5.69 Å². The molecule has 0 spiro atoms. The Hall–Kier alpha value is -3.39. The third kappa shape index (κ3) is 3.95. The van der Waals surface area contributed by atoms with Gasteiger partial charge in [-0.05, 0) is 60.5 Å². The van der Waals surface area contributed by atoms with Gasteiger partial charge in [-0.3, -0.25) is 0 Å². The Morgan fingerprint density at radius 2 is 1.91 bits per heavy atom. The van der Waals surface area contributed by atoms with Crippen LogP contribution in [-0.4, -0.2) is 48.8 Å². The van der Waals surface area contributed by atoms with Crippen molar-refractivity contribution in [3.05, 3.63) is 52.5 Å². The third-order valence-corrected chi connectivity index (χ3v) is 7.19. The number of thiophene rings is 1. The van der Waals surface area contributed by atoms with Crippen molar-refractivity contribution < 1.29 is 24.2 Å². The first kappa shape index (κ1) is 21.5. The van der Waals surface area contributed by atoms with Crippen molar-refractivity contribution in [1.29, 1.82) is 0 Å². The number of carboxylic acids is 1. The summed E-state index contributed by atoms with van der Waals surface area (Å²) in [5.41, 5.74) is 2.91. The maximum Gasteiger partial charge on any atom is 0.357 e. The highest BCUT2D eigenvalue weighted by atomic mass is 32.1. The summed E-state index contributed by atoms with van der Waals surface area (Å²) in [6.45, 7) is 2.25. The number of rotatable bonds is 4. The van der Waals surface area contributed by atoms with Crippen molar-refractivity contribution in [3.8, 4) is 27.3 Å². The number of aromatic carboxylic acids is 1. The highest BCUT2D eigenvalue weighted by Gasteiger charge is 2.26. The lowest BCUT2D eigenvalue weighted by molar-refractivity contribution is 0.0593. The highest BCUT2D eigenvalue weighted by molar-refractivity contribution is 7.13. The molecule has 0 atom stereocenters.